The maximum atomic E-state index is 14.5. The molecule has 0 aromatic rings. The number of hydrogen-bond acceptors (Lipinski definition) is 14. The van der Waals surface area contributed by atoms with E-state index in [-0.39, 0.29) is 43.9 Å². The first-order valence-electron chi connectivity index (χ1n) is 21.8. The molecule has 4 aliphatic rings. The largest absolute Gasteiger partial charge is 0.462 e. The van der Waals surface area contributed by atoms with E-state index in [1.165, 1.54) is 21.1 Å². The molecule has 1 amide bonds. The van der Waals surface area contributed by atoms with Gasteiger partial charge in [-0.3, -0.25) is 19.2 Å². The molecule has 3 N–H and O–H groups in total. The Kier molecular flexibility index (Phi) is 18.1. The maximum absolute atomic E-state index is 14.5. The number of amides is 1. The molecule has 0 radical (unpaired) electrons. The van der Waals surface area contributed by atoms with E-state index in [0.29, 0.717) is 49.7 Å². The number of carbonyl (C=O) groups excluding carboxylic acids is 5. The highest BCUT2D eigenvalue weighted by Gasteiger charge is 2.57. The van der Waals surface area contributed by atoms with Crippen LogP contribution in [0.5, 0.6) is 0 Å². The molecule has 0 aromatic carbocycles. The Labute approximate surface area is 355 Å². The van der Waals surface area contributed by atoms with Gasteiger partial charge in [-0.25, -0.2) is 4.79 Å². The summed E-state index contributed by atoms with van der Waals surface area (Å²) in [5, 5.41) is 34.1. The summed E-state index contributed by atoms with van der Waals surface area (Å²) in [6.07, 6.45) is 0.489. The topological polar surface area (TPSA) is 205 Å². The summed E-state index contributed by atoms with van der Waals surface area (Å²) in [6.45, 7) is 11.8. The fraction of sp³-hybridized carbons (Fsp3) is 0.800. The van der Waals surface area contributed by atoms with Crippen LogP contribution in [0.2, 0.25) is 0 Å². The van der Waals surface area contributed by atoms with Crippen molar-refractivity contribution in [3.63, 3.8) is 0 Å². The van der Waals surface area contributed by atoms with Gasteiger partial charge in [-0.15, -0.1) is 0 Å². The van der Waals surface area contributed by atoms with Crippen LogP contribution in [0.1, 0.15) is 113 Å². The van der Waals surface area contributed by atoms with E-state index in [0.717, 1.165) is 4.90 Å². The number of cyclic esters (lactones) is 1. The highest BCUT2D eigenvalue weighted by atomic mass is 16.7. The maximum Gasteiger partial charge on any atom is 0.329 e. The van der Waals surface area contributed by atoms with Gasteiger partial charge in [-0.2, -0.15) is 0 Å². The average Bonchev–Trinajstić information content (AvgIpc) is 3.22. The van der Waals surface area contributed by atoms with Crippen LogP contribution < -0.4 is 0 Å². The molecule has 1 aliphatic carbocycles. The third-order valence-electron chi connectivity index (χ3n) is 13.5. The summed E-state index contributed by atoms with van der Waals surface area (Å²) < 4.78 is 35.6. The third kappa shape index (κ3) is 11.5. The van der Waals surface area contributed by atoms with Crippen LogP contribution in [0.25, 0.3) is 0 Å². The number of hydrogen-bond donors (Lipinski definition) is 3. The molecule has 15 heteroatoms. The minimum Gasteiger partial charge on any atom is -0.462 e. The number of carbonyl (C=O) groups is 5. The second-order valence-electron chi connectivity index (χ2n) is 17.7. The summed E-state index contributed by atoms with van der Waals surface area (Å²) >= 11 is 0. The Morgan fingerprint density at radius 1 is 0.917 bits per heavy atom. The Balaban J connectivity index is 1.85. The number of Topliss-reactive ketones (excluding diaryl/α,β-unsaturated/α-hetero) is 2. The number of aliphatic hydroxyl groups excluding tert-OH is 2. The molecule has 3 fully saturated rings. The number of nitrogens with zero attached hydrogens (tertiary/aromatic N) is 1. The smallest absolute Gasteiger partial charge is 0.329 e. The van der Waals surface area contributed by atoms with Crippen molar-refractivity contribution < 1.29 is 67.7 Å². The first-order valence-corrected chi connectivity index (χ1v) is 21.8. The van der Waals surface area contributed by atoms with Gasteiger partial charge in [0.15, 0.2) is 0 Å². The molecular formula is C45H71NO14. The Hall–Kier alpha value is -3.05. The molecule has 15 nitrogen and oxygen atoms in total. The van der Waals surface area contributed by atoms with Crippen molar-refractivity contribution in [2.24, 2.45) is 29.6 Å². The number of methoxy groups -OCH3 is 3. The fourth-order valence-electron chi connectivity index (χ4n) is 9.66. The van der Waals surface area contributed by atoms with Crippen LogP contribution in [0.15, 0.2) is 23.3 Å². The van der Waals surface area contributed by atoms with E-state index in [1.54, 1.807) is 40.9 Å². The molecule has 1 saturated carbocycles. The standard InChI is InChI=1S/C45H71NO14/c1-11-31-19-24(2)39(50)25(3)20-37(56-9)41-38(57-10)21-27(5)45(54,60-41)42(51)43(52)46-17-13-12-14-32(46)44(53)59-40(28(6)35(23-34(31)49)58-29(7)47)26(4)18-30-15-16-33(48)36(22-30)55-8/h18-19,25,27-28,30-33,35-41,48,50,54H,11-17,20-23H2,1-10H3. The number of aliphatic hydroxyl groups is 3. The monoisotopic (exact) mass is 849 g/mol. The minimum absolute atomic E-state index is 0.0439. The zero-order valence-electron chi connectivity index (χ0n) is 37.3. The Morgan fingerprint density at radius 3 is 2.18 bits per heavy atom. The van der Waals surface area contributed by atoms with Gasteiger partial charge in [-0.05, 0) is 94.6 Å². The van der Waals surface area contributed by atoms with E-state index >= 15 is 0 Å². The van der Waals surface area contributed by atoms with Crippen molar-refractivity contribution in [1.82, 2.24) is 4.90 Å². The highest BCUT2D eigenvalue weighted by molar-refractivity contribution is 6.39. The molecule has 15 atom stereocenters. The zero-order chi connectivity index (χ0) is 44.6. The highest BCUT2D eigenvalue weighted by Crippen LogP contribution is 2.39. The third-order valence-corrected chi connectivity index (χ3v) is 13.5. The number of ketones is 2. The normalized spacial score (nSPS) is 39.9. The predicted octanol–water partition coefficient (Wildman–Crippen LogP) is 4.01. The molecule has 0 spiro atoms. The number of rotatable bonds is 7. The number of piperidine rings is 1. The van der Waals surface area contributed by atoms with E-state index < -0.39 is 108 Å². The van der Waals surface area contributed by atoms with Gasteiger partial charge < -0.3 is 48.6 Å². The summed E-state index contributed by atoms with van der Waals surface area (Å²) in [5.41, 5.74) is 1.15. The molecule has 340 valence electrons. The van der Waals surface area contributed by atoms with Crippen molar-refractivity contribution in [1.29, 1.82) is 0 Å². The minimum atomic E-state index is -2.59. The van der Waals surface area contributed by atoms with E-state index in [4.69, 9.17) is 28.4 Å². The number of fused-ring (bicyclic) bond motifs is 3. The quantitative estimate of drug-likeness (QED) is 0.188. The molecule has 2 saturated heterocycles. The molecule has 3 heterocycles. The van der Waals surface area contributed by atoms with Crippen LogP contribution in [0, 0.1) is 29.6 Å². The van der Waals surface area contributed by atoms with Gasteiger partial charge in [0.2, 0.25) is 5.79 Å². The molecule has 60 heavy (non-hydrogen) atoms. The van der Waals surface area contributed by atoms with Crippen LogP contribution in [0.4, 0.5) is 0 Å². The van der Waals surface area contributed by atoms with Gasteiger partial charge in [-0.1, -0.05) is 39.8 Å². The summed E-state index contributed by atoms with van der Waals surface area (Å²) in [5.74, 6) is -9.40. The molecule has 3 aliphatic heterocycles. The van der Waals surface area contributed by atoms with Gasteiger partial charge in [0, 0.05) is 59.0 Å². The predicted molar refractivity (Wildman–Crippen MR) is 219 cm³/mol. The van der Waals surface area contributed by atoms with Crippen LogP contribution in [-0.4, -0.2) is 138 Å². The lowest BCUT2D eigenvalue weighted by atomic mass is 9.81. The van der Waals surface area contributed by atoms with Crippen LogP contribution in [0.3, 0.4) is 0 Å². The fourth-order valence-corrected chi connectivity index (χ4v) is 9.66. The summed E-state index contributed by atoms with van der Waals surface area (Å²) in [6, 6.07) is -1.19. The first kappa shape index (κ1) is 49.6. The second kappa shape index (κ2) is 21.8. The number of allylic oxidation sites excluding steroid dienone is 2. The van der Waals surface area contributed by atoms with E-state index in [2.05, 4.69) is 0 Å². The van der Waals surface area contributed by atoms with Crippen molar-refractivity contribution in [2.75, 3.05) is 27.9 Å². The van der Waals surface area contributed by atoms with Gasteiger partial charge in [0.25, 0.3) is 11.7 Å². The lowest BCUT2D eigenvalue weighted by Crippen LogP contribution is -2.64. The SMILES string of the molecule is CCC1C=C(C)C(O)C(C)CC(OC)C2OC(O)(C(=O)C(=O)N3CCCCC3C(=O)OC(C(C)=CC3CCC(O)C(OC)C3)C(C)C(OC(C)=O)CC1=O)C(C)CC2OC. The molecule has 2 bridgehead atoms. The van der Waals surface area contributed by atoms with E-state index in [1.807, 2.05) is 19.9 Å². The average molecular weight is 850 g/mol. The van der Waals surface area contributed by atoms with Gasteiger partial charge >= 0.3 is 11.9 Å². The lowest BCUT2D eigenvalue weighted by molar-refractivity contribution is -0.302. The molecule has 4 rings (SSSR count). The molecule has 15 unspecified atom stereocenters. The number of ether oxygens (including phenoxy) is 6. The second-order valence-corrected chi connectivity index (χ2v) is 17.7. The zero-order valence-corrected chi connectivity index (χ0v) is 37.3. The molecular weight excluding hydrogens is 778 g/mol. The summed E-state index contributed by atoms with van der Waals surface area (Å²) in [7, 11) is 4.47. The van der Waals surface area contributed by atoms with Crippen molar-refractivity contribution in [2.45, 2.75) is 173 Å². The van der Waals surface area contributed by atoms with E-state index in [9.17, 15) is 39.3 Å². The lowest BCUT2D eigenvalue weighted by Gasteiger charge is -2.47. The Bertz CT molecular complexity index is 1580. The molecule has 0 aromatic heterocycles. The Morgan fingerprint density at radius 2 is 1.57 bits per heavy atom. The van der Waals surface area contributed by atoms with Gasteiger partial charge in [0.1, 0.15) is 30.1 Å². The van der Waals surface area contributed by atoms with Crippen molar-refractivity contribution >= 4 is 29.4 Å². The van der Waals surface area contributed by atoms with Crippen molar-refractivity contribution in [3.8, 4) is 0 Å². The van der Waals surface area contributed by atoms with Crippen LogP contribution >= 0.6 is 0 Å². The van der Waals surface area contributed by atoms with Crippen LogP contribution in [-0.2, 0) is 52.4 Å². The van der Waals surface area contributed by atoms with Crippen molar-refractivity contribution in [3.05, 3.63) is 23.3 Å². The first-order chi connectivity index (χ1) is 28.3. The van der Waals surface area contributed by atoms with Gasteiger partial charge in [0.05, 0.1) is 30.5 Å². The summed E-state index contributed by atoms with van der Waals surface area (Å²) in [4.78, 5) is 71.0. The number of esters is 2.